The topological polar surface area (TPSA) is 92.7 Å². The molecule has 18 heavy (non-hydrogen) atoms. The molecular weight excluding hydrogens is 252 g/mol. The van der Waals surface area contributed by atoms with Crippen molar-refractivity contribution < 1.29 is 4.79 Å². The number of nitrogen functional groups attached to an aromatic ring is 1. The van der Waals surface area contributed by atoms with E-state index in [1.165, 1.54) is 0 Å². The quantitative estimate of drug-likeness (QED) is 0.662. The minimum Gasteiger partial charge on any atom is -0.381 e. The Morgan fingerprint density at radius 1 is 1.22 bits per heavy atom. The molecule has 2 N–H and O–H groups in total. The van der Waals surface area contributed by atoms with E-state index in [1.54, 1.807) is 24.3 Å². The van der Waals surface area contributed by atoms with Gasteiger partial charge in [0.25, 0.3) is 0 Å². The molecule has 86 valence electrons. The van der Waals surface area contributed by atoms with E-state index in [0.29, 0.717) is 21.8 Å². The first kappa shape index (κ1) is 10.7. The Morgan fingerprint density at radius 3 is 2.72 bits per heavy atom. The molecule has 2 aromatic rings. The number of carbonyl (C=O) groups is 1. The van der Waals surface area contributed by atoms with Crippen LogP contribution in [0.2, 0.25) is 5.02 Å². The standard InChI is InChI=1S/C12H5ClN4O/c13-5-1-2-6-7(3-5)9-10(11(6)18)16-8(4-14)12(15)17-9/h1-3H,(H2,15,17). The van der Waals surface area contributed by atoms with Crippen molar-refractivity contribution in [1.29, 1.82) is 5.26 Å². The van der Waals surface area contributed by atoms with Crippen LogP contribution in [0.4, 0.5) is 5.82 Å². The van der Waals surface area contributed by atoms with Gasteiger partial charge in [-0.3, -0.25) is 4.79 Å². The predicted octanol–water partition coefficient (Wildman–Crippen LogP) is 1.80. The number of anilines is 1. The fourth-order valence-corrected chi connectivity index (χ4v) is 2.09. The average molecular weight is 257 g/mol. The van der Waals surface area contributed by atoms with Crippen LogP contribution in [0.15, 0.2) is 18.2 Å². The van der Waals surface area contributed by atoms with Crippen LogP contribution in [0.3, 0.4) is 0 Å². The van der Waals surface area contributed by atoms with Gasteiger partial charge in [0.05, 0.1) is 0 Å². The number of aromatic nitrogens is 2. The van der Waals surface area contributed by atoms with Crippen LogP contribution < -0.4 is 5.73 Å². The summed E-state index contributed by atoms with van der Waals surface area (Å²) in [5.74, 6) is -0.252. The molecular formula is C12H5ClN4O. The number of fused-ring (bicyclic) bond motifs is 3. The Kier molecular flexibility index (Phi) is 2.09. The molecule has 1 aliphatic carbocycles. The minimum atomic E-state index is -0.263. The zero-order valence-electron chi connectivity index (χ0n) is 8.94. The number of hydrogen-bond donors (Lipinski definition) is 1. The van der Waals surface area contributed by atoms with Crippen molar-refractivity contribution in [2.75, 3.05) is 5.73 Å². The Labute approximate surface area is 107 Å². The van der Waals surface area contributed by atoms with Gasteiger partial charge in [0, 0.05) is 16.1 Å². The molecule has 0 unspecified atom stereocenters. The van der Waals surface area contributed by atoms with Gasteiger partial charge >= 0.3 is 0 Å². The van der Waals surface area contributed by atoms with E-state index in [2.05, 4.69) is 9.97 Å². The van der Waals surface area contributed by atoms with Gasteiger partial charge in [-0.2, -0.15) is 5.26 Å². The van der Waals surface area contributed by atoms with Gasteiger partial charge in [-0.25, -0.2) is 9.97 Å². The van der Waals surface area contributed by atoms with Crippen LogP contribution in [0, 0.1) is 11.3 Å². The summed E-state index contributed by atoms with van der Waals surface area (Å²) in [6.07, 6.45) is 0. The molecule has 0 radical (unpaired) electrons. The summed E-state index contributed by atoms with van der Waals surface area (Å²) in [5, 5.41) is 9.33. The minimum absolute atomic E-state index is 0.0110. The monoisotopic (exact) mass is 256 g/mol. The van der Waals surface area contributed by atoms with E-state index in [9.17, 15) is 4.79 Å². The van der Waals surface area contributed by atoms with Gasteiger partial charge < -0.3 is 5.73 Å². The molecule has 0 fully saturated rings. The van der Waals surface area contributed by atoms with Gasteiger partial charge in [-0.05, 0) is 18.2 Å². The predicted molar refractivity (Wildman–Crippen MR) is 65.0 cm³/mol. The Bertz CT molecular complexity index is 748. The molecule has 1 heterocycles. The second-order valence-corrected chi connectivity index (χ2v) is 4.22. The van der Waals surface area contributed by atoms with Crippen LogP contribution in [0.25, 0.3) is 11.3 Å². The van der Waals surface area contributed by atoms with Crippen molar-refractivity contribution in [2.45, 2.75) is 0 Å². The zero-order valence-corrected chi connectivity index (χ0v) is 9.69. The van der Waals surface area contributed by atoms with Crippen LogP contribution >= 0.6 is 11.6 Å². The number of nitriles is 1. The number of ketones is 1. The van der Waals surface area contributed by atoms with Crippen LogP contribution in [-0.4, -0.2) is 15.8 Å². The first-order valence-electron chi connectivity index (χ1n) is 5.04. The van der Waals surface area contributed by atoms with E-state index in [1.807, 2.05) is 0 Å². The first-order valence-corrected chi connectivity index (χ1v) is 5.42. The summed E-state index contributed by atoms with van der Waals surface area (Å²) in [6, 6.07) is 6.69. The van der Waals surface area contributed by atoms with Gasteiger partial charge in [-0.1, -0.05) is 11.6 Å². The zero-order chi connectivity index (χ0) is 12.9. The van der Waals surface area contributed by atoms with Gasteiger partial charge in [-0.15, -0.1) is 0 Å². The summed E-state index contributed by atoms with van der Waals surface area (Å²) < 4.78 is 0. The molecule has 0 amide bonds. The molecule has 1 aromatic heterocycles. The molecule has 3 rings (SSSR count). The van der Waals surface area contributed by atoms with E-state index in [-0.39, 0.29) is 23.0 Å². The van der Waals surface area contributed by atoms with Crippen molar-refractivity contribution in [3.8, 4) is 17.3 Å². The first-order chi connectivity index (χ1) is 8.61. The number of hydrogen-bond acceptors (Lipinski definition) is 5. The van der Waals surface area contributed by atoms with E-state index >= 15 is 0 Å². The van der Waals surface area contributed by atoms with Gasteiger partial charge in [0.2, 0.25) is 5.78 Å². The molecule has 0 atom stereocenters. The highest BCUT2D eigenvalue weighted by Gasteiger charge is 2.31. The molecule has 0 bridgehead atoms. The van der Waals surface area contributed by atoms with E-state index < -0.39 is 0 Å². The normalized spacial score (nSPS) is 11.9. The molecule has 0 spiro atoms. The summed E-state index contributed by atoms with van der Waals surface area (Å²) >= 11 is 5.89. The van der Waals surface area contributed by atoms with Crippen molar-refractivity contribution in [1.82, 2.24) is 9.97 Å². The van der Waals surface area contributed by atoms with Crippen LogP contribution in [-0.2, 0) is 0 Å². The highest BCUT2D eigenvalue weighted by molar-refractivity contribution is 6.31. The molecule has 0 saturated carbocycles. The van der Waals surface area contributed by atoms with Gasteiger partial charge in [0.15, 0.2) is 11.5 Å². The third-order valence-electron chi connectivity index (χ3n) is 2.73. The summed E-state index contributed by atoms with van der Waals surface area (Å²) in [5.41, 5.74) is 7.18. The molecule has 1 aromatic carbocycles. The van der Waals surface area contributed by atoms with Crippen molar-refractivity contribution in [3.05, 3.63) is 40.2 Å². The molecule has 5 nitrogen and oxygen atoms in total. The molecule has 6 heteroatoms. The fourth-order valence-electron chi connectivity index (χ4n) is 1.91. The maximum absolute atomic E-state index is 12.1. The molecule has 0 saturated heterocycles. The number of rotatable bonds is 0. The maximum atomic E-state index is 12.1. The fraction of sp³-hybridized carbons (Fsp3) is 0. The van der Waals surface area contributed by atoms with Crippen molar-refractivity contribution in [2.24, 2.45) is 0 Å². The molecule has 0 aliphatic heterocycles. The van der Waals surface area contributed by atoms with Crippen molar-refractivity contribution in [3.63, 3.8) is 0 Å². The second kappa shape index (κ2) is 3.52. The van der Waals surface area contributed by atoms with Crippen LogP contribution in [0.5, 0.6) is 0 Å². The SMILES string of the molecule is N#Cc1nc2c(nc1N)-c1cc(Cl)ccc1C2=O. The van der Waals surface area contributed by atoms with E-state index in [0.717, 1.165) is 0 Å². The smallest absolute Gasteiger partial charge is 0.214 e. The number of halogens is 1. The Hall–Kier alpha value is -2.45. The third-order valence-corrected chi connectivity index (χ3v) is 2.96. The summed E-state index contributed by atoms with van der Waals surface area (Å²) in [6.45, 7) is 0. The van der Waals surface area contributed by atoms with Crippen LogP contribution in [0.1, 0.15) is 21.7 Å². The Balaban J connectivity index is 2.36. The lowest BCUT2D eigenvalue weighted by molar-refractivity contribution is 0.103. The maximum Gasteiger partial charge on any atom is 0.214 e. The Morgan fingerprint density at radius 2 is 2.00 bits per heavy atom. The van der Waals surface area contributed by atoms with E-state index in [4.69, 9.17) is 22.6 Å². The van der Waals surface area contributed by atoms with Crippen molar-refractivity contribution >= 4 is 23.2 Å². The number of nitrogens with zero attached hydrogens (tertiary/aromatic N) is 3. The largest absolute Gasteiger partial charge is 0.381 e. The number of carbonyl (C=O) groups excluding carboxylic acids is 1. The highest BCUT2D eigenvalue weighted by Crippen LogP contribution is 2.36. The third kappa shape index (κ3) is 1.30. The summed E-state index contributed by atoms with van der Waals surface area (Å²) in [4.78, 5) is 20.1. The highest BCUT2D eigenvalue weighted by atomic mass is 35.5. The lowest BCUT2D eigenvalue weighted by Gasteiger charge is -2.01. The number of nitrogens with two attached hydrogens (primary N) is 1. The second-order valence-electron chi connectivity index (χ2n) is 3.79. The van der Waals surface area contributed by atoms with Gasteiger partial charge in [0.1, 0.15) is 17.5 Å². The lowest BCUT2D eigenvalue weighted by Crippen LogP contribution is -2.05. The number of benzene rings is 1. The summed E-state index contributed by atoms with van der Waals surface area (Å²) in [7, 11) is 0. The lowest BCUT2D eigenvalue weighted by atomic mass is 10.1. The average Bonchev–Trinajstić information content (AvgIpc) is 2.61. The molecule has 1 aliphatic rings.